The summed E-state index contributed by atoms with van der Waals surface area (Å²) in [5.41, 5.74) is 2.40. The third-order valence-corrected chi connectivity index (χ3v) is 5.68. The fraction of sp³-hybridized carbons (Fsp3) is 0.200. The van der Waals surface area contributed by atoms with E-state index in [0.717, 1.165) is 21.1 Å². The molecule has 4 rings (SSSR count). The van der Waals surface area contributed by atoms with Crippen LogP contribution in [0.4, 0.5) is 0 Å². The molecule has 0 amide bonds. The van der Waals surface area contributed by atoms with Gasteiger partial charge in [0.2, 0.25) is 0 Å². The van der Waals surface area contributed by atoms with Gasteiger partial charge in [0.25, 0.3) is 5.56 Å². The number of fused-ring (bicyclic) bond motifs is 3. The molecule has 0 aliphatic carbocycles. The normalized spacial score (nSPS) is 12.2. The first kappa shape index (κ1) is 18.0. The summed E-state index contributed by atoms with van der Waals surface area (Å²) < 4.78 is 14.5. The summed E-state index contributed by atoms with van der Waals surface area (Å²) in [5.74, 6) is 1.40. The van der Waals surface area contributed by atoms with Crippen LogP contribution in [0.1, 0.15) is 19.4 Å². The summed E-state index contributed by atoms with van der Waals surface area (Å²) in [7, 11) is 0. The quantitative estimate of drug-likeness (QED) is 0.466. The minimum absolute atomic E-state index is 0.0730. The highest BCUT2D eigenvalue weighted by atomic mass is 79.9. The van der Waals surface area contributed by atoms with Crippen LogP contribution in [0.5, 0.6) is 11.5 Å². The zero-order valence-corrected chi connectivity index (χ0v) is 17.3. The molecule has 0 fully saturated rings. The van der Waals surface area contributed by atoms with Crippen LogP contribution in [0.25, 0.3) is 22.1 Å². The van der Waals surface area contributed by atoms with Gasteiger partial charge in [0.15, 0.2) is 4.96 Å². The topological polar surface area (TPSA) is 52.8 Å². The van der Waals surface area contributed by atoms with E-state index in [1.165, 1.54) is 11.3 Å². The molecule has 27 heavy (non-hydrogen) atoms. The number of imidazole rings is 1. The number of benzene rings is 2. The van der Waals surface area contributed by atoms with Crippen LogP contribution in [-0.4, -0.2) is 22.6 Å². The Morgan fingerprint density at radius 3 is 2.67 bits per heavy atom. The average molecular weight is 445 g/mol. The van der Waals surface area contributed by atoms with Gasteiger partial charge in [0.05, 0.1) is 33.3 Å². The van der Waals surface area contributed by atoms with Crippen molar-refractivity contribution >= 4 is 49.3 Å². The molecule has 0 bridgehead atoms. The SMILES string of the molecule is CCOc1cc(OCC)c(/C=c2\sc3nc4ccccc4n3c2=O)cc1Br. The lowest BCUT2D eigenvalue weighted by Gasteiger charge is -2.12. The van der Waals surface area contributed by atoms with Crippen molar-refractivity contribution in [2.75, 3.05) is 13.2 Å². The Kier molecular flexibility index (Phi) is 4.88. The number of halogens is 1. The Hall–Kier alpha value is -2.38. The smallest absolute Gasteiger partial charge is 0.274 e. The van der Waals surface area contributed by atoms with Gasteiger partial charge in [-0.15, -0.1) is 0 Å². The van der Waals surface area contributed by atoms with Gasteiger partial charge < -0.3 is 9.47 Å². The number of thiazole rings is 1. The van der Waals surface area contributed by atoms with Crippen LogP contribution >= 0.6 is 27.3 Å². The molecule has 0 saturated heterocycles. The molecule has 2 heterocycles. The van der Waals surface area contributed by atoms with Gasteiger partial charge in [-0.05, 0) is 54.1 Å². The lowest BCUT2D eigenvalue weighted by molar-refractivity contribution is 0.321. The van der Waals surface area contributed by atoms with Gasteiger partial charge >= 0.3 is 0 Å². The van der Waals surface area contributed by atoms with E-state index in [1.807, 2.05) is 56.3 Å². The van der Waals surface area contributed by atoms with Crippen LogP contribution in [0.3, 0.4) is 0 Å². The molecule has 5 nitrogen and oxygen atoms in total. The first-order valence-electron chi connectivity index (χ1n) is 8.63. The van der Waals surface area contributed by atoms with Crippen molar-refractivity contribution in [1.82, 2.24) is 9.38 Å². The van der Waals surface area contributed by atoms with E-state index >= 15 is 0 Å². The maximum Gasteiger partial charge on any atom is 0.274 e. The molecule has 0 N–H and O–H groups in total. The Balaban J connectivity index is 1.91. The van der Waals surface area contributed by atoms with Gasteiger partial charge in [-0.2, -0.15) is 0 Å². The molecule has 0 unspecified atom stereocenters. The van der Waals surface area contributed by atoms with E-state index in [4.69, 9.17) is 9.47 Å². The van der Waals surface area contributed by atoms with Crippen molar-refractivity contribution in [3.05, 3.63) is 61.3 Å². The third-order valence-electron chi connectivity index (χ3n) is 4.10. The number of rotatable bonds is 5. The second kappa shape index (κ2) is 7.32. The number of hydrogen-bond acceptors (Lipinski definition) is 5. The molecular formula is C20H17BrN2O3S. The second-order valence-corrected chi connectivity index (χ2v) is 7.68. The Morgan fingerprint density at radius 2 is 1.89 bits per heavy atom. The van der Waals surface area contributed by atoms with E-state index < -0.39 is 0 Å². The van der Waals surface area contributed by atoms with Gasteiger partial charge in [-0.3, -0.25) is 4.79 Å². The number of para-hydroxylation sites is 2. The van der Waals surface area contributed by atoms with Crippen molar-refractivity contribution in [3.63, 3.8) is 0 Å². The first-order valence-corrected chi connectivity index (χ1v) is 10.2. The molecule has 138 valence electrons. The van der Waals surface area contributed by atoms with Gasteiger partial charge in [0.1, 0.15) is 11.5 Å². The molecule has 0 spiro atoms. The zero-order chi connectivity index (χ0) is 19.0. The largest absolute Gasteiger partial charge is 0.493 e. The number of aromatic nitrogens is 2. The van der Waals surface area contributed by atoms with Gasteiger partial charge in [-0.25, -0.2) is 9.38 Å². The van der Waals surface area contributed by atoms with E-state index in [1.54, 1.807) is 4.40 Å². The molecule has 0 aliphatic heterocycles. The Bertz CT molecular complexity index is 1250. The maximum absolute atomic E-state index is 13.0. The highest BCUT2D eigenvalue weighted by Crippen LogP contribution is 2.33. The van der Waals surface area contributed by atoms with Gasteiger partial charge in [-0.1, -0.05) is 23.5 Å². The molecule has 2 aromatic heterocycles. The first-order chi connectivity index (χ1) is 13.1. The molecule has 4 aromatic rings. The highest BCUT2D eigenvalue weighted by Gasteiger charge is 2.13. The van der Waals surface area contributed by atoms with E-state index in [2.05, 4.69) is 20.9 Å². The minimum Gasteiger partial charge on any atom is -0.493 e. The van der Waals surface area contributed by atoms with Crippen molar-refractivity contribution in [2.45, 2.75) is 13.8 Å². The maximum atomic E-state index is 13.0. The van der Waals surface area contributed by atoms with E-state index in [0.29, 0.717) is 34.2 Å². The second-order valence-electron chi connectivity index (χ2n) is 5.82. The monoisotopic (exact) mass is 444 g/mol. The predicted molar refractivity (Wildman–Crippen MR) is 112 cm³/mol. The Labute approximate surface area is 168 Å². The lowest BCUT2D eigenvalue weighted by atomic mass is 10.2. The molecule has 0 saturated carbocycles. The third kappa shape index (κ3) is 3.21. The summed E-state index contributed by atoms with van der Waals surface area (Å²) in [5, 5.41) is 0. The molecule has 2 aromatic carbocycles. The standard InChI is InChI=1S/C20H17BrN2O3S/c1-3-25-16-11-17(26-4-2)13(21)9-12(16)10-18-19(24)23-15-8-6-5-7-14(15)22-20(23)27-18/h5-11H,3-4H2,1-2H3/b18-10-. The zero-order valence-electron chi connectivity index (χ0n) is 14.9. The van der Waals surface area contributed by atoms with Crippen molar-refractivity contribution < 1.29 is 9.47 Å². The van der Waals surface area contributed by atoms with Crippen LogP contribution in [0.15, 0.2) is 45.7 Å². The fourth-order valence-electron chi connectivity index (χ4n) is 2.96. The lowest BCUT2D eigenvalue weighted by Crippen LogP contribution is -2.22. The number of nitrogens with zero attached hydrogens (tertiary/aromatic N) is 2. The summed E-state index contributed by atoms with van der Waals surface area (Å²) in [4.78, 5) is 18.2. The van der Waals surface area contributed by atoms with Crippen LogP contribution in [0, 0.1) is 0 Å². The van der Waals surface area contributed by atoms with E-state index in [9.17, 15) is 4.79 Å². The fourth-order valence-corrected chi connectivity index (χ4v) is 4.42. The highest BCUT2D eigenvalue weighted by molar-refractivity contribution is 9.10. The predicted octanol–water partition coefficient (Wildman–Crippen LogP) is 4.02. The number of ether oxygens (including phenoxy) is 2. The van der Waals surface area contributed by atoms with Gasteiger partial charge in [0, 0.05) is 11.6 Å². The summed E-state index contributed by atoms with van der Waals surface area (Å²) in [6.07, 6.45) is 1.85. The molecule has 0 radical (unpaired) electrons. The molecule has 0 atom stereocenters. The van der Waals surface area contributed by atoms with E-state index in [-0.39, 0.29) is 5.56 Å². The number of hydrogen-bond donors (Lipinski definition) is 0. The van der Waals surface area contributed by atoms with Crippen LogP contribution < -0.4 is 19.6 Å². The summed E-state index contributed by atoms with van der Waals surface area (Å²) in [6.45, 7) is 4.95. The van der Waals surface area contributed by atoms with Crippen molar-refractivity contribution in [1.29, 1.82) is 0 Å². The molecular weight excluding hydrogens is 428 g/mol. The average Bonchev–Trinajstić information content (AvgIpc) is 3.16. The minimum atomic E-state index is -0.0730. The Morgan fingerprint density at radius 1 is 1.15 bits per heavy atom. The van der Waals surface area contributed by atoms with Crippen molar-refractivity contribution in [3.8, 4) is 11.5 Å². The molecule has 0 aliphatic rings. The van der Waals surface area contributed by atoms with Crippen molar-refractivity contribution in [2.24, 2.45) is 0 Å². The molecule has 7 heteroatoms. The van der Waals surface area contributed by atoms with Crippen LogP contribution in [-0.2, 0) is 0 Å². The summed E-state index contributed by atoms with van der Waals surface area (Å²) in [6, 6.07) is 11.4. The summed E-state index contributed by atoms with van der Waals surface area (Å²) >= 11 is 4.91. The van der Waals surface area contributed by atoms with Crippen LogP contribution in [0.2, 0.25) is 0 Å².